The minimum absolute atomic E-state index is 0.0423. The van der Waals surface area contributed by atoms with Gasteiger partial charge in [-0.05, 0) is 55.1 Å². The number of hydrogen-bond acceptors (Lipinski definition) is 7. The predicted octanol–water partition coefficient (Wildman–Crippen LogP) is 4.83. The number of nitrogens with zero attached hydrogens (tertiary/aromatic N) is 5. The molecule has 1 aliphatic carbocycles. The Morgan fingerprint density at radius 1 is 1.03 bits per heavy atom. The first kappa shape index (κ1) is 20.6. The molecular formula is C22H22F3N5O2. The molecule has 0 unspecified atom stereocenters. The summed E-state index contributed by atoms with van der Waals surface area (Å²) in [4.78, 5) is 12.5. The quantitative estimate of drug-likeness (QED) is 0.538. The van der Waals surface area contributed by atoms with E-state index in [4.69, 9.17) is 9.26 Å². The second kappa shape index (κ2) is 8.33. The van der Waals surface area contributed by atoms with Crippen LogP contribution in [0.5, 0.6) is 5.75 Å². The van der Waals surface area contributed by atoms with Gasteiger partial charge in [-0.1, -0.05) is 0 Å². The van der Waals surface area contributed by atoms with E-state index >= 15 is 0 Å². The lowest BCUT2D eigenvalue weighted by molar-refractivity contribution is -0.137. The van der Waals surface area contributed by atoms with Crippen LogP contribution in [0.1, 0.15) is 31.2 Å². The molecule has 2 aromatic heterocycles. The van der Waals surface area contributed by atoms with Crippen LogP contribution in [0.25, 0.3) is 0 Å². The molecule has 168 valence electrons. The van der Waals surface area contributed by atoms with E-state index < -0.39 is 11.7 Å². The van der Waals surface area contributed by atoms with Gasteiger partial charge < -0.3 is 19.1 Å². The van der Waals surface area contributed by atoms with Crippen LogP contribution in [-0.2, 0) is 6.18 Å². The number of halogens is 3. The molecule has 0 spiro atoms. The van der Waals surface area contributed by atoms with Crippen LogP contribution in [0.3, 0.4) is 0 Å². The zero-order valence-electron chi connectivity index (χ0n) is 17.2. The second-order valence-corrected chi connectivity index (χ2v) is 8.02. The fourth-order valence-corrected chi connectivity index (χ4v) is 4.01. The molecule has 1 saturated heterocycles. The van der Waals surface area contributed by atoms with E-state index in [1.807, 2.05) is 11.0 Å². The molecule has 3 aromatic rings. The molecule has 1 saturated carbocycles. The largest absolute Gasteiger partial charge is 0.488 e. The SMILES string of the molecule is FC(F)(F)c1ccc(N(c2cnccc2OC2CC2)C2CCN(c3ncon3)CC2)cc1. The van der Waals surface area contributed by atoms with Crippen molar-refractivity contribution in [3.63, 3.8) is 0 Å². The number of alkyl halides is 3. The number of anilines is 3. The van der Waals surface area contributed by atoms with Gasteiger partial charge in [-0.2, -0.15) is 18.2 Å². The molecule has 0 radical (unpaired) electrons. The fraction of sp³-hybridized carbons (Fsp3) is 0.409. The Labute approximate surface area is 182 Å². The topological polar surface area (TPSA) is 67.5 Å². The van der Waals surface area contributed by atoms with Crippen LogP contribution in [0, 0.1) is 0 Å². The molecule has 10 heteroatoms. The second-order valence-electron chi connectivity index (χ2n) is 8.02. The summed E-state index contributed by atoms with van der Waals surface area (Å²) in [6, 6.07) is 7.13. The summed E-state index contributed by atoms with van der Waals surface area (Å²) >= 11 is 0. The summed E-state index contributed by atoms with van der Waals surface area (Å²) in [5.74, 6) is 1.24. The molecule has 1 aromatic carbocycles. The Bertz CT molecular complexity index is 1030. The Morgan fingerprint density at radius 3 is 2.41 bits per heavy atom. The van der Waals surface area contributed by atoms with Crippen molar-refractivity contribution in [1.29, 1.82) is 0 Å². The minimum Gasteiger partial charge on any atom is -0.488 e. The van der Waals surface area contributed by atoms with Crippen LogP contribution < -0.4 is 14.5 Å². The smallest absolute Gasteiger partial charge is 0.416 e. The van der Waals surface area contributed by atoms with Gasteiger partial charge >= 0.3 is 6.18 Å². The number of rotatable bonds is 6. The van der Waals surface area contributed by atoms with Crippen molar-refractivity contribution in [3.05, 3.63) is 54.7 Å². The predicted molar refractivity (Wildman–Crippen MR) is 111 cm³/mol. The molecule has 0 amide bonds. The van der Waals surface area contributed by atoms with E-state index in [-0.39, 0.29) is 12.1 Å². The zero-order chi connectivity index (χ0) is 22.1. The number of ether oxygens (including phenoxy) is 1. The van der Waals surface area contributed by atoms with Crippen molar-refractivity contribution < 1.29 is 22.4 Å². The molecule has 1 aliphatic heterocycles. The van der Waals surface area contributed by atoms with Gasteiger partial charge in [0.05, 0.1) is 17.9 Å². The molecule has 0 atom stereocenters. The maximum Gasteiger partial charge on any atom is 0.416 e. The first-order valence-corrected chi connectivity index (χ1v) is 10.6. The molecule has 3 heterocycles. The maximum absolute atomic E-state index is 13.1. The normalized spacial score (nSPS) is 17.4. The average molecular weight is 445 g/mol. The number of pyridine rings is 1. The molecule has 0 N–H and O–H groups in total. The number of aromatic nitrogens is 3. The lowest BCUT2D eigenvalue weighted by Gasteiger charge is -2.39. The lowest BCUT2D eigenvalue weighted by Crippen LogP contribution is -2.43. The van der Waals surface area contributed by atoms with Crippen LogP contribution in [0.15, 0.2) is 53.6 Å². The van der Waals surface area contributed by atoms with Crippen LogP contribution in [0.2, 0.25) is 0 Å². The van der Waals surface area contributed by atoms with Crippen molar-refractivity contribution in [2.45, 2.75) is 44.0 Å². The van der Waals surface area contributed by atoms with Gasteiger partial charge in [0, 0.05) is 37.1 Å². The van der Waals surface area contributed by atoms with Crippen molar-refractivity contribution in [2.75, 3.05) is 22.9 Å². The highest BCUT2D eigenvalue weighted by molar-refractivity contribution is 5.69. The van der Waals surface area contributed by atoms with Gasteiger partial charge in [0.25, 0.3) is 5.95 Å². The van der Waals surface area contributed by atoms with E-state index in [1.165, 1.54) is 18.5 Å². The number of piperidine rings is 1. The summed E-state index contributed by atoms with van der Waals surface area (Å²) < 4.78 is 50.3. The summed E-state index contributed by atoms with van der Waals surface area (Å²) in [5, 5.41) is 3.90. The van der Waals surface area contributed by atoms with E-state index in [0.29, 0.717) is 30.5 Å². The van der Waals surface area contributed by atoms with Crippen molar-refractivity contribution in [3.8, 4) is 5.75 Å². The Balaban J connectivity index is 1.46. The first-order valence-electron chi connectivity index (χ1n) is 10.6. The van der Waals surface area contributed by atoms with Crippen molar-refractivity contribution in [1.82, 2.24) is 15.1 Å². The van der Waals surface area contributed by atoms with E-state index in [2.05, 4.69) is 20.0 Å². The van der Waals surface area contributed by atoms with Gasteiger partial charge in [0.1, 0.15) is 11.4 Å². The standard InChI is InChI=1S/C22H22F3N5O2/c23-22(24,25)15-1-3-16(4-2-15)30(19-13-26-10-7-20(19)32-18-5-6-18)17-8-11-29(12-9-17)21-27-14-31-28-21/h1-4,7,10,13-14,17-18H,5-6,8-9,11-12H2. The molecule has 2 fully saturated rings. The van der Waals surface area contributed by atoms with E-state index in [0.717, 1.165) is 43.5 Å². The molecular weight excluding hydrogens is 423 g/mol. The van der Waals surface area contributed by atoms with Gasteiger partial charge in [-0.15, -0.1) is 0 Å². The Hall–Kier alpha value is -3.30. The molecule has 32 heavy (non-hydrogen) atoms. The van der Waals surface area contributed by atoms with Gasteiger partial charge in [-0.25, -0.2) is 0 Å². The third-order valence-corrected chi connectivity index (χ3v) is 5.77. The van der Waals surface area contributed by atoms with Gasteiger partial charge in [0.2, 0.25) is 6.39 Å². The highest BCUT2D eigenvalue weighted by Crippen LogP contribution is 2.41. The van der Waals surface area contributed by atoms with Gasteiger partial charge in [0.15, 0.2) is 0 Å². The molecule has 5 rings (SSSR count). The highest BCUT2D eigenvalue weighted by Gasteiger charge is 2.33. The summed E-state index contributed by atoms with van der Waals surface area (Å²) in [5.41, 5.74) is 0.760. The van der Waals surface area contributed by atoms with E-state index in [1.54, 1.807) is 12.4 Å². The summed E-state index contributed by atoms with van der Waals surface area (Å²) in [6.07, 6.45) is 4.02. The Kier molecular flexibility index (Phi) is 5.36. The van der Waals surface area contributed by atoms with Crippen LogP contribution in [0.4, 0.5) is 30.5 Å². The number of hydrogen-bond donors (Lipinski definition) is 0. The first-order chi connectivity index (χ1) is 15.5. The maximum atomic E-state index is 13.1. The fourth-order valence-electron chi connectivity index (χ4n) is 4.01. The lowest BCUT2D eigenvalue weighted by atomic mass is 10.0. The van der Waals surface area contributed by atoms with Gasteiger partial charge in [-0.3, -0.25) is 4.98 Å². The highest BCUT2D eigenvalue weighted by atomic mass is 19.4. The summed E-state index contributed by atoms with van der Waals surface area (Å²) in [7, 11) is 0. The van der Waals surface area contributed by atoms with Crippen LogP contribution >= 0.6 is 0 Å². The Morgan fingerprint density at radius 2 is 1.78 bits per heavy atom. The third kappa shape index (κ3) is 4.35. The summed E-state index contributed by atoms with van der Waals surface area (Å²) in [6.45, 7) is 1.39. The minimum atomic E-state index is -4.38. The third-order valence-electron chi connectivity index (χ3n) is 5.77. The average Bonchev–Trinajstić information content (AvgIpc) is 3.44. The molecule has 0 bridgehead atoms. The van der Waals surface area contributed by atoms with Crippen molar-refractivity contribution >= 4 is 17.3 Å². The number of benzene rings is 1. The molecule has 2 aliphatic rings. The van der Waals surface area contributed by atoms with Crippen LogP contribution in [-0.4, -0.2) is 40.4 Å². The van der Waals surface area contributed by atoms with Crippen molar-refractivity contribution in [2.24, 2.45) is 0 Å². The monoisotopic (exact) mass is 445 g/mol. The molecule has 7 nitrogen and oxygen atoms in total. The van der Waals surface area contributed by atoms with E-state index in [9.17, 15) is 13.2 Å². The zero-order valence-corrected chi connectivity index (χ0v) is 17.2.